The summed E-state index contributed by atoms with van der Waals surface area (Å²) in [4.78, 5) is 14.6. The number of carbonyl (C=O) groups excluding carboxylic acids is 1. The molecule has 0 fully saturated rings. The van der Waals surface area contributed by atoms with Crippen LogP contribution < -0.4 is 10.2 Å². The normalized spacial score (nSPS) is 13.2. The lowest BCUT2D eigenvalue weighted by Gasteiger charge is -2.31. The summed E-state index contributed by atoms with van der Waals surface area (Å²) in [5, 5.41) is 2.98. The molecule has 1 aliphatic rings. The van der Waals surface area contributed by atoms with Crippen molar-refractivity contribution in [3.05, 3.63) is 90.0 Å². The smallest absolute Gasteiger partial charge is 0.228 e. The summed E-state index contributed by atoms with van der Waals surface area (Å²) in [5.74, 6) is 0.00673. The van der Waals surface area contributed by atoms with Gasteiger partial charge in [-0.05, 0) is 54.3 Å². The fourth-order valence-electron chi connectivity index (χ4n) is 3.51. The fraction of sp³-hybridized carbons (Fsp3) is 0.174. The molecule has 0 unspecified atom stereocenters. The average Bonchev–Trinajstić information content (AvgIpc) is 2.69. The molecule has 0 bridgehead atoms. The number of fused-ring (bicyclic) bond motifs is 1. The van der Waals surface area contributed by atoms with Crippen LogP contribution in [0.1, 0.15) is 17.5 Å². The van der Waals surface area contributed by atoms with E-state index in [1.165, 1.54) is 16.9 Å². The number of carbonyl (C=O) groups is 1. The zero-order valence-electron chi connectivity index (χ0n) is 14.7. The number of rotatable bonds is 4. The molecule has 1 heterocycles. The maximum Gasteiger partial charge on any atom is 0.228 e. The highest BCUT2D eigenvalue weighted by Gasteiger charge is 2.17. The molecule has 3 nitrogen and oxygen atoms in total. The second-order valence-corrected chi connectivity index (χ2v) is 6.64. The number of hydrogen-bond donors (Lipinski definition) is 1. The Hall–Kier alpha value is -3.07. The van der Waals surface area contributed by atoms with Crippen LogP contribution in [0.25, 0.3) is 0 Å². The summed E-state index contributed by atoms with van der Waals surface area (Å²) in [6, 6.07) is 26.5. The zero-order valence-corrected chi connectivity index (χ0v) is 14.7. The predicted molar refractivity (Wildman–Crippen MR) is 107 cm³/mol. The van der Waals surface area contributed by atoms with Crippen LogP contribution in [-0.4, -0.2) is 12.5 Å². The van der Waals surface area contributed by atoms with Gasteiger partial charge in [-0.25, -0.2) is 0 Å². The van der Waals surface area contributed by atoms with Crippen molar-refractivity contribution >= 4 is 23.0 Å². The highest BCUT2D eigenvalue weighted by atomic mass is 16.1. The summed E-state index contributed by atoms with van der Waals surface area (Å²) in [6.45, 7) is 1.02. The van der Waals surface area contributed by atoms with Crippen molar-refractivity contribution in [2.75, 3.05) is 16.8 Å². The third kappa shape index (κ3) is 3.62. The van der Waals surface area contributed by atoms with E-state index in [9.17, 15) is 4.79 Å². The van der Waals surface area contributed by atoms with Crippen molar-refractivity contribution in [3.8, 4) is 0 Å². The molecule has 130 valence electrons. The molecule has 0 aromatic heterocycles. The molecule has 0 radical (unpaired) electrons. The quantitative estimate of drug-likeness (QED) is 0.727. The monoisotopic (exact) mass is 342 g/mol. The number of anilines is 3. The Morgan fingerprint density at radius 2 is 1.62 bits per heavy atom. The van der Waals surface area contributed by atoms with E-state index in [0.29, 0.717) is 6.42 Å². The average molecular weight is 342 g/mol. The van der Waals surface area contributed by atoms with Crippen molar-refractivity contribution in [2.45, 2.75) is 19.3 Å². The summed E-state index contributed by atoms with van der Waals surface area (Å²) in [6.07, 6.45) is 2.69. The number of benzene rings is 3. The van der Waals surface area contributed by atoms with Crippen molar-refractivity contribution in [1.29, 1.82) is 0 Å². The van der Waals surface area contributed by atoms with E-state index in [2.05, 4.69) is 46.6 Å². The van der Waals surface area contributed by atoms with Crippen LogP contribution in [0.5, 0.6) is 0 Å². The minimum absolute atomic E-state index is 0.00673. The van der Waals surface area contributed by atoms with Gasteiger partial charge in [0, 0.05) is 23.6 Å². The van der Waals surface area contributed by atoms with Gasteiger partial charge in [-0.15, -0.1) is 0 Å². The van der Waals surface area contributed by atoms with Crippen LogP contribution in [0.3, 0.4) is 0 Å². The third-order valence-electron chi connectivity index (χ3n) is 4.78. The molecule has 0 spiro atoms. The first-order valence-electron chi connectivity index (χ1n) is 9.09. The minimum Gasteiger partial charge on any atom is -0.341 e. The first-order chi connectivity index (χ1) is 12.8. The van der Waals surface area contributed by atoms with Gasteiger partial charge in [0.15, 0.2) is 0 Å². The van der Waals surface area contributed by atoms with E-state index >= 15 is 0 Å². The van der Waals surface area contributed by atoms with E-state index in [0.717, 1.165) is 30.6 Å². The van der Waals surface area contributed by atoms with Crippen molar-refractivity contribution in [3.63, 3.8) is 0 Å². The van der Waals surface area contributed by atoms with E-state index < -0.39 is 0 Å². The minimum atomic E-state index is 0.00673. The zero-order chi connectivity index (χ0) is 17.8. The molecule has 4 rings (SSSR count). The number of para-hydroxylation sites is 1. The number of aryl methyl sites for hydroxylation is 1. The number of nitrogens with zero attached hydrogens (tertiary/aromatic N) is 1. The lowest BCUT2D eigenvalue weighted by atomic mass is 10.0. The Balaban J connectivity index is 1.45. The first kappa shape index (κ1) is 16.4. The van der Waals surface area contributed by atoms with Crippen molar-refractivity contribution in [2.24, 2.45) is 0 Å². The van der Waals surface area contributed by atoms with Gasteiger partial charge >= 0.3 is 0 Å². The Labute approximate surface area is 154 Å². The van der Waals surface area contributed by atoms with E-state index in [1.54, 1.807) is 0 Å². The second-order valence-electron chi connectivity index (χ2n) is 6.64. The SMILES string of the molecule is O=C(Cc1ccccc1)Nc1ccc(N2CCCc3ccccc32)cc1. The van der Waals surface area contributed by atoms with Gasteiger partial charge in [-0.1, -0.05) is 48.5 Å². The Bertz CT molecular complexity index is 888. The van der Waals surface area contributed by atoms with E-state index in [4.69, 9.17) is 0 Å². The van der Waals surface area contributed by atoms with Gasteiger partial charge in [-0.2, -0.15) is 0 Å². The molecule has 0 aliphatic carbocycles. The van der Waals surface area contributed by atoms with Crippen LogP contribution in [0.2, 0.25) is 0 Å². The molecule has 1 amide bonds. The Morgan fingerprint density at radius 1 is 0.885 bits per heavy atom. The van der Waals surface area contributed by atoms with E-state index in [-0.39, 0.29) is 5.91 Å². The highest BCUT2D eigenvalue weighted by molar-refractivity contribution is 5.92. The molecule has 3 heteroatoms. The van der Waals surface area contributed by atoms with Gasteiger partial charge in [-0.3, -0.25) is 4.79 Å². The Morgan fingerprint density at radius 3 is 2.42 bits per heavy atom. The maximum absolute atomic E-state index is 12.2. The van der Waals surface area contributed by atoms with Crippen molar-refractivity contribution in [1.82, 2.24) is 0 Å². The highest BCUT2D eigenvalue weighted by Crippen LogP contribution is 2.33. The van der Waals surface area contributed by atoms with Gasteiger partial charge in [0.2, 0.25) is 5.91 Å². The Kier molecular flexibility index (Phi) is 4.69. The first-order valence-corrected chi connectivity index (χ1v) is 9.09. The van der Waals surface area contributed by atoms with Crippen LogP contribution in [-0.2, 0) is 17.6 Å². The van der Waals surface area contributed by atoms with Crippen LogP contribution in [0, 0.1) is 0 Å². The fourth-order valence-corrected chi connectivity index (χ4v) is 3.51. The molecule has 26 heavy (non-hydrogen) atoms. The number of amides is 1. The lowest BCUT2D eigenvalue weighted by molar-refractivity contribution is -0.115. The summed E-state index contributed by atoms with van der Waals surface area (Å²) in [5.41, 5.74) is 5.71. The van der Waals surface area contributed by atoms with Crippen molar-refractivity contribution < 1.29 is 4.79 Å². The molecule has 1 aliphatic heterocycles. The summed E-state index contributed by atoms with van der Waals surface area (Å²) in [7, 11) is 0. The summed E-state index contributed by atoms with van der Waals surface area (Å²) >= 11 is 0. The lowest BCUT2D eigenvalue weighted by Crippen LogP contribution is -2.24. The molecule has 0 atom stereocenters. The number of hydrogen-bond acceptors (Lipinski definition) is 2. The topological polar surface area (TPSA) is 32.3 Å². The van der Waals surface area contributed by atoms with Gasteiger partial charge < -0.3 is 10.2 Å². The van der Waals surface area contributed by atoms with E-state index in [1.807, 2.05) is 42.5 Å². The molecular formula is C23H22N2O. The second kappa shape index (κ2) is 7.44. The number of nitrogens with one attached hydrogen (secondary N) is 1. The van der Waals surface area contributed by atoms with Gasteiger partial charge in [0.05, 0.1) is 6.42 Å². The maximum atomic E-state index is 12.2. The van der Waals surface area contributed by atoms with Crippen LogP contribution in [0.15, 0.2) is 78.9 Å². The largest absolute Gasteiger partial charge is 0.341 e. The molecule has 3 aromatic carbocycles. The standard InChI is InChI=1S/C23H22N2O/c26-23(17-18-7-2-1-3-8-18)24-20-12-14-21(15-13-20)25-16-6-10-19-9-4-5-11-22(19)25/h1-5,7-9,11-15H,6,10,16-17H2,(H,24,26). The molecule has 3 aromatic rings. The molecule has 0 saturated carbocycles. The van der Waals surface area contributed by atoms with Gasteiger partial charge in [0.1, 0.15) is 0 Å². The summed E-state index contributed by atoms with van der Waals surface area (Å²) < 4.78 is 0. The molecule has 0 saturated heterocycles. The predicted octanol–water partition coefficient (Wildman–Crippen LogP) is 4.95. The molecule has 1 N–H and O–H groups in total. The van der Waals surface area contributed by atoms with Crippen LogP contribution >= 0.6 is 0 Å². The van der Waals surface area contributed by atoms with Crippen LogP contribution in [0.4, 0.5) is 17.1 Å². The van der Waals surface area contributed by atoms with Gasteiger partial charge in [0.25, 0.3) is 0 Å². The molecular weight excluding hydrogens is 320 g/mol. The third-order valence-corrected chi connectivity index (χ3v) is 4.78.